The fourth-order valence-corrected chi connectivity index (χ4v) is 4.08. The first kappa shape index (κ1) is 20.5. The van der Waals surface area contributed by atoms with E-state index in [4.69, 9.17) is 4.84 Å². The predicted octanol–water partition coefficient (Wildman–Crippen LogP) is 4.14. The highest BCUT2D eigenvalue weighted by molar-refractivity contribution is 5.89. The molecule has 0 bridgehead atoms. The Hall–Kier alpha value is -2.77. The van der Waals surface area contributed by atoms with Crippen LogP contribution >= 0.6 is 0 Å². The molecule has 0 spiro atoms. The van der Waals surface area contributed by atoms with Gasteiger partial charge in [-0.2, -0.15) is 5.06 Å². The largest absolute Gasteiger partial charge is 0.341 e. The van der Waals surface area contributed by atoms with Crippen LogP contribution in [-0.4, -0.2) is 40.5 Å². The van der Waals surface area contributed by atoms with E-state index in [1.54, 1.807) is 18.2 Å². The van der Waals surface area contributed by atoms with Crippen molar-refractivity contribution in [2.45, 2.75) is 26.8 Å². The molecule has 1 aromatic heterocycles. The molecule has 30 heavy (non-hydrogen) atoms. The number of carbonyl (C=O) groups is 1. The number of aromatic nitrogens is 2. The van der Waals surface area contributed by atoms with E-state index in [0.29, 0.717) is 18.4 Å². The first-order valence-corrected chi connectivity index (χ1v) is 10.4. The maximum absolute atomic E-state index is 14.1. The standard InChI is InChI=1S/C23H27FN4O2/c1-16-13-27(14-23-25-20-8-4-5-9-21(20)26-23)12-11-18(16)15-30-28(17(2)29)22-10-6-3-7-19(22)24/h3-10,16,18H,11-15H2,1-2H3,(H,25,26)/t16-,18-/m0/s1. The smallest absolute Gasteiger partial charge is 0.247 e. The lowest BCUT2D eigenvalue weighted by Crippen LogP contribution is -2.42. The van der Waals surface area contributed by atoms with Crippen molar-refractivity contribution in [3.8, 4) is 0 Å². The average molecular weight is 410 g/mol. The van der Waals surface area contributed by atoms with Crippen molar-refractivity contribution in [2.24, 2.45) is 11.8 Å². The number of para-hydroxylation sites is 3. The molecule has 0 unspecified atom stereocenters. The molecule has 158 valence electrons. The number of halogens is 1. The Morgan fingerprint density at radius 3 is 2.77 bits per heavy atom. The number of piperidine rings is 1. The monoisotopic (exact) mass is 410 g/mol. The lowest BCUT2D eigenvalue weighted by atomic mass is 9.87. The van der Waals surface area contributed by atoms with Crippen molar-refractivity contribution >= 4 is 22.6 Å². The van der Waals surface area contributed by atoms with Crippen LogP contribution in [0.25, 0.3) is 11.0 Å². The minimum atomic E-state index is -0.471. The number of carbonyl (C=O) groups excluding carboxylic acids is 1. The Bertz CT molecular complexity index is 988. The van der Waals surface area contributed by atoms with E-state index < -0.39 is 5.82 Å². The topological polar surface area (TPSA) is 61.5 Å². The molecular formula is C23H27FN4O2. The third kappa shape index (κ3) is 4.52. The van der Waals surface area contributed by atoms with Crippen LogP contribution in [0.5, 0.6) is 0 Å². The number of H-pyrrole nitrogens is 1. The summed E-state index contributed by atoms with van der Waals surface area (Å²) >= 11 is 0. The molecule has 1 fully saturated rings. The van der Waals surface area contributed by atoms with Gasteiger partial charge in [0.05, 0.1) is 24.2 Å². The van der Waals surface area contributed by atoms with Gasteiger partial charge in [-0.15, -0.1) is 0 Å². The Balaban J connectivity index is 1.33. The first-order valence-electron chi connectivity index (χ1n) is 10.4. The lowest BCUT2D eigenvalue weighted by molar-refractivity contribution is -0.125. The minimum Gasteiger partial charge on any atom is -0.341 e. The summed E-state index contributed by atoms with van der Waals surface area (Å²) in [5, 5.41) is 1.07. The molecule has 1 aliphatic rings. The number of nitrogens with zero attached hydrogens (tertiary/aromatic N) is 3. The second-order valence-electron chi connectivity index (χ2n) is 8.02. The van der Waals surface area contributed by atoms with Gasteiger partial charge < -0.3 is 4.98 Å². The molecule has 2 aromatic carbocycles. The molecule has 1 N–H and O–H groups in total. The molecule has 0 radical (unpaired) electrons. The summed E-state index contributed by atoms with van der Waals surface area (Å²) in [6, 6.07) is 14.2. The molecule has 1 amide bonds. The minimum absolute atomic E-state index is 0.153. The molecular weight excluding hydrogens is 383 g/mol. The van der Waals surface area contributed by atoms with Crippen LogP contribution in [0, 0.1) is 17.7 Å². The Morgan fingerprint density at radius 1 is 1.27 bits per heavy atom. The summed E-state index contributed by atoms with van der Waals surface area (Å²) in [7, 11) is 0. The van der Waals surface area contributed by atoms with E-state index in [2.05, 4.69) is 21.8 Å². The Kier molecular flexibility index (Phi) is 6.11. The normalized spacial score (nSPS) is 19.8. The van der Waals surface area contributed by atoms with E-state index >= 15 is 0 Å². The van der Waals surface area contributed by atoms with Crippen LogP contribution in [-0.2, 0) is 16.2 Å². The molecule has 1 aliphatic heterocycles. The van der Waals surface area contributed by atoms with Gasteiger partial charge in [0.1, 0.15) is 17.3 Å². The number of fused-ring (bicyclic) bond motifs is 1. The SMILES string of the molecule is CC(=O)N(OC[C@@H]1CCN(Cc2nc3ccccc3[nH]2)C[C@@H]1C)c1ccccc1F. The maximum atomic E-state index is 14.1. The fourth-order valence-electron chi connectivity index (χ4n) is 4.08. The van der Waals surface area contributed by atoms with E-state index in [9.17, 15) is 9.18 Å². The number of hydrogen-bond donors (Lipinski definition) is 1. The third-order valence-corrected chi connectivity index (χ3v) is 5.75. The van der Waals surface area contributed by atoms with Crippen LogP contribution < -0.4 is 5.06 Å². The highest BCUT2D eigenvalue weighted by Crippen LogP contribution is 2.27. The van der Waals surface area contributed by atoms with E-state index in [1.807, 2.05) is 24.3 Å². The molecule has 4 rings (SSSR count). The number of hydrogen-bond acceptors (Lipinski definition) is 4. The Labute approximate surface area is 175 Å². The van der Waals surface area contributed by atoms with Crippen LogP contribution in [0.4, 0.5) is 10.1 Å². The number of imidazole rings is 1. The van der Waals surface area contributed by atoms with Gasteiger partial charge in [0.2, 0.25) is 5.91 Å². The van der Waals surface area contributed by atoms with Crippen molar-refractivity contribution in [3.63, 3.8) is 0 Å². The summed E-state index contributed by atoms with van der Waals surface area (Å²) in [4.78, 5) is 28.2. The predicted molar refractivity (Wildman–Crippen MR) is 114 cm³/mol. The highest BCUT2D eigenvalue weighted by atomic mass is 19.1. The zero-order valence-electron chi connectivity index (χ0n) is 17.3. The van der Waals surface area contributed by atoms with Gasteiger partial charge in [0.25, 0.3) is 0 Å². The van der Waals surface area contributed by atoms with Crippen LogP contribution in [0.1, 0.15) is 26.1 Å². The third-order valence-electron chi connectivity index (χ3n) is 5.75. The van der Waals surface area contributed by atoms with E-state index in [-0.39, 0.29) is 11.6 Å². The quantitative estimate of drug-likeness (QED) is 0.621. The van der Waals surface area contributed by atoms with Crippen molar-refractivity contribution in [3.05, 3.63) is 60.2 Å². The number of nitrogens with one attached hydrogen (secondary N) is 1. The van der Waals surface area contributed by atoms with E-state index in [0.717, 1.165) is 48.0 Å². The number of anilines is 1. The van der Waals surface area contributed by atoms with Crippen LogP contribution in [0.3, 0.4) is 0 Å². The zero-order valence-corrected chi connectivity index (χ0v) is 17.3. The number of aromatic amines is 1. The zero-order chi connectivity index (χ0) is 21.1. The average Bonchev–Trinajstić information content (AvgIpc) is 3.13. The van der Waals surface area contributed by atoms with Crippen LogP contribution in [0.15, 0.2) is 48.5 Å². The maximum Gasteiger partial charge on any atom is 0.247 e. The molecule has 0 saturated carbocycles. The molecule has 6 nitrogen and oxygen atoms in total. The summed E-state index contributed by atoms with van der Waals surface area (Å²) in [5.41, 5.74) is 2.20. The molecule has 0 aliphatic carbocycles. The summed E-state index contributed by atoms with van der Waals surface area (Å²) < 4.78 is 14.1. The highest BCUT2D eigenvalue weighted by Gasteiger charge is 2.28. The summed E-state index contributed by atoms with van der Waals surface area (Å²) in [5.74, 6) is 0.847. The van der Waals surface area contributed by atoms with Gasteiger partial charge >= 0.3 is 0 Å². The lowest BCUT2D eigenvalue weighted by Gasteiger charge is -2.37. The number of rotatable bonds is 6. The second-order valence-corrected chi connectivity index (χ2v) is 8.02. The van der Waals surface area contributed by atoms with Crippen molar-refractivity contribution in [1.29, 1.82) is 0 Å². The number of benzene rings is 2. The van der Waals surface area contributed by atoms with Crippen molar-refractivity contribution < 1.29 is 14.0 Å². The molecule has 3 aromatic rings. The first-order chi connectivity index (χ1) is 14.5. The van der Waals surface area contributed by atoms with Gasteiger partial charge in [-0.05, 0) is 49.1 Å². The van der Waals surface area contributed by atoms with Crippen LogP contribution in [0.2, 0.25) is 0 Å². The molecule has 2 atom stereocenters. The molecule has 7 heteroatoms. The number of hydroxylamine groups is 1. The van der Waals surface area contributed by atoms with Gasteiger partial charge in [-0.25, -0.2) is 9.37 Å². The van der Waals surface area contributed by atoms with Gasteiger partial charge in [0, 0.05) is 13.5 Å². The second kappa shape index (κ2) is 8.93. The molecule has 2 heterocycles. The van der Waals surface area contributed by atoms with Crippen molar-refractivity contribution in [2.75, 3.05) is 24.8 Å². The van der Waals surface area contributed by atoms with E-state index in [1.165, 1.54) is 13.0 Å². The van der Waals surface area contributed by atoms with Gasteiger partial charge in [-0.1, -0.05) is 31.2 Å². The Morgan fingerprint density at radius 2 is 2.03 bits per heavy atom. The summed E-state index contributed by atoms with van der Waals surface area (Å²) in [6.45, 7) is 6.58. The number of likely N-dealkylation sites (tertiary alicyclic amines) is 1. The van der Waals surface area contributed by atoms with Gasteiger partial charge in [-0.3, -0.25) is 14.5 Å². The van der Waals surface area contributed by atoms with Crippen molar-refractivity contribution in [1.82, 2.24) is 14.9 Å². The van der Waals surface area contributed by atoms with Gasteiger partial charge in [0.15, 0.2) is 0 Å². The molecule has 1 saturated heterocycles. The summed E-state index contributed by atoms with van der Waals surface area (Å²) in [6.07, 6.45) is 0.949. The number of amides is 1. The fraction of sp³-hybridized carbons (Fsp3) is 0.391.